The molecule has 232 valence electrons. The van der Waals surface area contributed by atoms with Gasteiger partial charge in [-0.2, -0.15) is 0 Å². The van der Waals surface area contributed by atoms with E-state index in [4.69, 9.17) is 26.4 Å². The number of anilines is 1. The summed E-state index contributed by atoms with van der Waals surface area (Å²) in [6, 6.07) is 16.3. The molecule has 2 heterocycles. The smallest absolute Gasteiger partial charge is 0.303 e. The average molecular weight is 651 g/mol. The van der Waals surface area contributed by atoms with Crippen LogP contribution in [0.1, 0.15) is 55.3 Å². The van der Waals surface area contributed by atoms with Crippen molar-refractivity contribution in [1.82, 2.24) is 4.90 Å². The Labute approximate surface area is 264 Å². The number of nitrogens with one attached hydrogen (secondary N) is 2. The van der Waals surface area contributed by atoms with Gasteiger partial charge in [0, 0.05) is 44.3 Å². The molecule has 5 rings (SSSR count). The van der Waals surface area contributed by atoms with Crippen LogP contribution in [0.25, 0.3) is 10.8 Å². The summed E-state index contributed by atoms with van der Waals surface area (Å²) in [5.41, 5.74) is 8.51. The predicted molar refractivity (Wildman–Crippen MR) is 174 cm³/mol. The van der Waals surface area contributed by atoms with Crippen molar-refractivity contribution < 1.29 is 23.1 Å². The zero-order valence-electron chi connectivity index (χ0n) is 23.8. The van der Waals surface area contributed by atoms with Gasteiger partial charge in [0.1, 0.15) is 17.7 Å². The van der Waals surface area contributed by atoms with E-state index in [-0.39, 0.29) is 55.3 Å². The number of nitrogens with zero attached hydrogens (tertiary/aromatic N) is 2. The van der Waals surface area contributed by atoms with Crippen LogP contribution in [0.4, 0.5) is 5.69 Å². The summed E-state index contributed by atoms with van der Waals surface area (Å²) in [5.74, 6) is -0.108. The van der Waals surface area contributed by atoms with Crippen LogP contribution in [0.15, 0.2) is 54.6 Å². The summed E-state index contributed by atoms with van der Waals surface area (Å²) in [6.07, 6.45) is 1.86. The maximum absolute atomic E-state index is 13.7. The number of ether oxygens (including phenoxy) is 1. The van der Waals surface area contributed by atoms with Gasteiger partial charge in [-0.3, -0.25) is 19.9 Å². The standard InChI is InChI=1S/C30H35N5O5S.2ClH/c1-19(31)34-12-10-25(11-13-34)40-26-8-9-27-24(17-26)18-28(35(27)41(38,39)14-2-3-29(36)37)21-6-4-20-5-7-22(30(32)33)16-23(20)15-21;;/h4-9,15-17,25,28,31H,2-3,10-14,18H2,1H3,(H3,32,33)(H,36,37);2*1H. The minimum atomic E-state index is -3.85. The first-order chi connectivity index (χ1) is 19.5. The Balaban J connectivity index is 0.00000253. The van der Waals surface area contributed by atoms with Crippen molar-refractivity contribution in [3.8, 4) is 5.75 Å². The molecule has 3 aromatic carbocycles. The van der Waals surface area contributed by atoms with Crippen molar-refractivity contribution in [3.05, 3.63) is 71.3 Å². The van der Waals surface area contributed by atoms with Gasteiger partial charge in [-0.05, 0) is 65.6 Å². The number of amidine groups is 2. The lowest BCUT2D eigenvalue weighted by molar-refractivity contribution is -0.137. The number of benzene rings is 3. The fourth-order valence-corrected chi connectivity index (χ4v) is 7.48. The van der Waals surface area contributed by atoms with Crippen LogP contribution in [-0.2, 0) is 21.2 Å². The van der Waals surface area contributed by atoms with E-state index in [1.165, 1.54) is 4.31 Å². The summed E-state index contributed by atoms with van der Waals surface area (Å²) in [5, 5.41) is 26.5. The molecule has 1 atom stereocenters. The third-order valence-corrected chi connectivity index (χ3v) is 9.71. The highest BCUT2D eigenvalue weighted by atomic mass is 35.5. The first kappa shape index (κ1) is 34.0. The highest BCUT2D eigenvalue weighted by Crippen LogP contribution is 2.44. The third-order valence-electron chi connectivity index (χ3n) is 7.86. The molecule has 0 aromatic heterocycles. The Kier molecular flexibility index (Phi) is 10.9. The monoisotopic (exact) mass is 649 g/mol. The Morgan fingerprint density at radius 3 is 2.37 bits per heavy atom. The number of sulfonamides is 1. The molecule has 2 aliphatic heterocycles. The van der Waals surface area contributed by atoms with Gasteiger partial charge in [-0.1, -0.05) is 24.3 Å². The molecule has 1 saturated heterocycles. The van der Waals surface area contributed by atoms with Crippen LogP contribution < -0.4 is 14.8 Å². The SMILES string of the molecule is CC(=N)N1CCC(Oc2ccc3c(c2)CC(c2ccc4ccc(C(=N)N)cc4c2)N3S(=O)(=O)CCCC(=O)O)CC1.Cl.Cl. The van der Waals surface area contributed by atoms with Gasteiger partial charge >= 0.3 is 5.97 Å². The number of aliphatic carboxylic acids is 1. The summed E-state index contributed by atoms with van der Waals surface area (Å²) in [7, 11) is -3.85. The molecule has 2 aliphatic rings. The van der Waals surface area contributed by atoms with Crippen LogP contribution in [0.3, 0.4) is 0 Å². The van der Waals surface area contributed by atoms with Crippen molar-refractivity contribution in [2.75, 3.05) is 23.1 Å². The van der Waals surface area contributed by atoms with Gasteiger partial charge < -0.3 is 20.5 Å². The molecule has 1 fully saturated rings. The number of nitrogen functional groups attached to an aromatic ring is 1. The summed E-state index contributed by atoms with van der Waals surface area (Å²) >= 11 is 0. The molecule has 1 unspecified atom stereocenters. The van der Waals surface area contributed by atoms with Crippen molar-refractivity contribution in [1.29, 1.82) is 10.8 Å². The first-order valence-electron chi connectivity index (χ1n) is 13.7. The van der Waals surface area contributed by atoms with Crippen molar-refractivity contribution in [2.45, 2.75) is 51.2 Å². The number of rotatable bonds is 9. The van der Waals surface area contributed by atoms with E-state index < -0.39 is 22.0 Å². The van der Waals surface area contributed by atoms with Gasteiger partial charge in [0.2, 0.25) is 10.0 Å². The van der Waals surface area contributed by atoms with E-state index in [1.807, 2.05) is 41.3 Å². The zero-order chi connectivity index (χ0) is 29.3. The Hall–Kier alpha value is -3.54. The van der Waals surface area contributed by atoms with Crippen LogP contribution in [0, 0.1) is 10.8 Å². The zero-order valence-corrected chi connectivity index (χ0v) is 26.2. The number of carbonyl (C=O) groups is 1. The number of carboxylic acid groups (broad SMARTS) is 1. The van der Waals surface area contributed by atoms with Crippen molar-refractivity contribution >= 4 is 68.9 Å². The Morgan fingerprint density at radius 2 is 1.72 bits per heavy atom. The second kappa shape index (κ2) is 13.8. The van der Waals surface area contributed by atoms with E-state index in [1.54, 1.807) is 25.1 Å². The number of piperidine rings is 1. The molecule has 0 radical (unpaired) electrons. The maximum atomic E-state index is 13.7. The van der Waals surface area contributed by atoms with Crippen molar-refractivity contribution in [2.24, 2.45) is 5.73 Å². The topological polar surface area (TPSA) is 161 Å². The number of hydrogen-bond acceptors (Lipinski definition) is 6. The van der Waals surface area contributed by atoms with E-state index in [0.29, 0.717) is 29.3 Å². The third kappa shape index (κ3) is 7.52. The fourth-order valence-electron chi connectivity index (χ4n) is 5.72. The van der Waals surface area contributed by atoms with E-state index in [9.17, 15) is 13.2 Å². The molecule has 43 heavy (non-hydrogen) atoms. The highest BCUT2D eigenvalue weighted by molar-refractivity contribution is 7.92. The molecule has 0 spiro atoms. The minimum Gasteiger partial charge on any atom is -0.490 e. The molecule has 13 heteroatoms. The Bertz CT molecular complexity index is 1630. The number of likely N-dealkylation sites (tertiary alicyclic amines) is 1. The summed E-state index contributed by atoms with van der Waals surface area (Å²) < 4.78 is 35.1. The molecule has 3 aromatic rings. The van der Waals surface area contributed by atoms with Crippen LogP contribution >= 0.6 is 24.8 Å². The second-order valence-electron chi connectivity index (χ2n) is 10.7. The summed E-state index contributed by atoms with van der Waals surface area (Å²) in [6.45, 7) is 3.32. The quantitative estimate of drug-likeness (QED) is 0.185. The van der Waals surface area contributed by atoms with Gasteiger partial charge in [-0.25, -0.2) is 8.42 Å². The molecule has 5 N–H and O–H groups in total. The molecule has 0 amide bonds. The van der Waals surface area contributed by atoms with E-state index in [0.717, 1.165) is 47.8 Å². The van der Waals surface area contributed by atoms with Crippen molar-refractivity contribution in [3.63, 3.8) is 0 Å². The molecular weight excluding hydrogens is 613 g/mol. The molecule has 0 saturated carbocycles. The first-order valence-corrected chi connectivity index (χ1v) is 15.3. The number of fused-ring (bicyclic) bond motifs is 2. The van der Waals surface area contributed by atoms with Gasteiger partial charge in [0.25, 0.3) is 0 Å². The molecule has 0 aliphatic carbocycles. The second-order valence-corrected chi connectivity index (χ2v) is 12.7. The van der Waals surface area contributed by atoms with E-state index in [2.05, 4.69) is 0 Å². The van der Waals surface area contributed by atoms with Gasteiger partial charge in [0.05, 0.1) is 23.3 Å². The molecule has 0 bridgehead atoms. The minimum absolute atomic E-state index is 0. The lowest BCUT2D eigenvalue weighted by atomic mass is 9.98. The molecular formula is C30H37Cl2N5O5S. The Morgan fingerprint density at radius 1 is 1.02 bits per heavy atom. The highest BCUT2D eigenvalue weighted by Gasteiger charge is 2.38. The van der Waals surface area contributed by atoms with Crippen LogP contribution in [0.5, 0.6) is 5.75 Å². The number of hydrogen-bond donors (Lipinski definition) is 4. The van der Waals surface area contributed by atoms with E-state index >= 15 is 0 Å². The lowest BCUT2D eigenvalue weighted by Gasteiger charge is -2.33. The maximum Gasteiger partial charge on any atom is 0.303 e. The number of carboxylic acids is 1. The largest absolute Gasteiger partial charge is 0.490 e. The van der Waals surface area contributed by atoms with Gasteiger partial charge in [0.15, 0.2) is 0 Å². The predicted octanol–water partition coefficient (Wildman–Crippen LogP) is 5.11. The lowest BCUT2D eigenvalue weighted by Crippen LogP contribution is -2.40. The number of halogens is 2. The average Bonchev–Trinajstić information content (AvgIpc) is 3.32. The normalized spacial score (nSPS) is 16.6. The summed E-state index contributed by atoms with van der Waals surface area (Å²) in [4.78, 5) is 13.1. The molecule has 10 nitrogen and oxygen atoms in total. The van der Waals surface area contributed by atoms with Gasteiger partial charge in [-0.15, -0.1) is 24.8 Å². The van der Waals surface area contributed by atoms with Crippen LogP contribution in [0.2, 0.25) is 0 Å². The number of nitrogens with two attached hydrogens (primary N) is 1. The fraction of sp³-hybridized carbons (Fsp3) is 0.367. The van der Waals surface area contributed by atoms with Crippen LogP contribution in [-0.4, -0.2) is 61.0 Å².